The topological polar surface area (TPSA) is 78.4 Å². The number of nitrogens with one attached hydrogen (secondary N) is 2. The fourth-order valence-electron chi connectivity index (χ4n) is 1.73. The van der Waals surface area contributed by atoms with Crippen LogP contribution < -0.4 is 10.6 Å². The summed E-state index contributed by atoms with van der Waals surface area (Å²) in [6.07, 6.45) is 0.933. The molecule has 2 amide bonds. The maximum Gasteiger partial charge on any atom is 0.313 e. The van der Waals surface area contributed by atoms with Crippen LogP contribution in [0.4, 0.5) is 10.1 Å². The van der Waals surface area contributed by atoms with Crippen molar-refractivity contribution >= 4 is 17.5 Å². The Labute approximate surface area is 123 Å². The zero-order chi connectivity index (χ0) is 16.0. The molecule has 21 heavy (non-hydrogen) atoms. The van der Waals surface area contributed by atoms with Crippen LogP contribution in [0.15, 0.2) is 18.2 Å². The molecule has 0 atom stereocenters. The van der Waals surface area contributed by atoms with Gasteiger partial charge >= 0.3 is 11.8 Å². The third-order valence-corrected chi connectivity index (χ3v) is 3.55. The zero-order valence-corrected chi connectivity index (χ0v) is 12.5. The van der Waals surface area contributed by atoms with E-state index in [0.29, 0.717) is 18.4 Å². The van der Waals surface area contributed by atoms with Gasteiger partial charge in [-0.2, -0.15) is 0 Å². The molecular formula is C15H21FN2O3. The standard InChI is InChI=1S/C15H21FN2O3/c1-4-15(21,5-2)9-17-13(19)14(20)18-12-8-11(16)7-6-10(12)3/h6-8,21H,4-5,9H2,1-3H3,(H,17,19)(H,18,20). The van der Waals surface area contributed by atoms with Gasteiger partial charge in [0.2, 0.25) is 0 Å². The van der Waals surface area contributed by atoms with Crippen LogP contribution in [0.3, 0.4) is 0 Å². The first kappa shape index (κ1) is 17.1. The van der Waals surface area contributed by atoms with Gasteiger partial charge in [0, 0.05) is 12.2 Å². The monoisotopic (exact) mass is 296 g/mol. The first-order valence-electron chi connectivity index (χ1n) is 6.89. The van der Waals surface area contributed by atoms with E-state index in [-0.39, 0.29) is 12.2 Å². The Balaban J connectivity index is 2.63. The number of amides is 2. The third-order valence-electron chi connectivity index (χ3n) is 3.55. The highest BCUT2D eigenvalue weighted by atomic mass is 19.1. The molecule has 3 N–H and O–H groups in total. The van der Waals surface area contributed by atoms with E-state index in [0.717, 1.165) is 6.07 Å². The molecule has 1 rings (SSSR count). The minimum Gasteiger partial charge on any atom is -0.388 e. The molecule has 0 fully saturated rings. The van der Waals surface area contributed by atoms with Gasteiger partial charge in [-0.1, -0.05) is 19.9 Å². The van der Waals surface area contributed by atoms with Gasteiger partial charge in [-0.25, -0.2) is 4.39 Å². The summed E-state index contributed by atoms with van der Waals surface area (Å²) in [5.74, 6) is -2.25. The Bertz CT molecular complexity index is 528. The Morgan fingerprint density at radius 2 is 1.86 bits per heavy atom. The van der Waals surface area contributed by atoms with Crippen LogP contribution in [0.1, 0.15) is 32.3 Å². The summed E-state index contributed by atoms with van der Waals surface area (Å²) < 4.78 is 13.1. The number of hydrogen-bond acceptors (Lipinski definition) is 3. The summed E-state index contributed by atoms with van der Waals surface area (Å²) in [6, 6.07) is 3.93. The van der Waals surface area contributed by atoms with E-state index in [1.54, 1.807) is 20.8 Å². The first-order chi connectivity index (χ1) is 9.81. The van der Waals surface area contributed by atoms with Crippen molar-refractivity contribution in [2.45, 2.75) is 39.2 Å². The lowest BCUT2D eigenvalue weighted by Gasteiger charge is -2.25. The molecule has 116 valence electrons. The molecule has 0 unspecified atom stereocenters. The molecule has 0 bridgehead atoms. The lowest BCUT2D eigenvalue weighted by molar-refractivity contribution is -0.136. The van der Waals surface area contributed by atoms with Gasteiger partial charge in [0.25, 0.3) is 0 Å². The molecule has 0 radical (unpaired) electrons. The van der Waals surface area contributed by atoms with Crippen LogP contribution in [0.5, 0.6) is 0 Å². The molecule has 0 saturated heterocycles. The molecule has 0 aliphatic heterocycles. The molecule has 0 aliphatic carbocycles. The van der Waals surface area contributed by atoms with Crippen molar-refractivity contribution in [3.63, 3.8) is 0 Å². The van der Waals surface area contributed by atoms with Crippen molar-refractivity contribution in [1.29, 1.82) is 0 Å². The summed E-state index contributed by atoms with van der Waals surface area (Å²) in [7, 11) is 0. The van der Waals surface area contributed by atoms with Gasteiger partial charge in [0.15, 0.2) is 0 Å². The molecule has 0 heterocycles. The van der Waals surface area contributed by atoms with E-state index in [1.165, 1.54) is 12.1 Å². The minimum atomic E-state index is -1.02. The van der Waals surface area contributed by atoms with E-state index in [2.05, 4.69) is 10.6 Å². The number of aryl methyl sites for hydroxylation is 1. The second kappa shape index (κ2) is 7.17. The Morgan fingerprint density at radius 3 is 2.43 bits per heavy atom. The summed E-state index contributed by atoms with van der Waals surface area (Å²) in [6.45, 7) is 5.28. The van der Waals surface area contributed by atoms with Crippen LogP contribution in [0.25, 0.3) is 0 Å². The van der Waals surface area contributed by atoms with Crippen molar-refractivity contribution in [3.05, 3.63) is 29.6 Å². The highest BCUT2D eigenvalue weighted by Crippen LogP contribution is 2.16. The van der Waals surface area contributed by atoms with E-state index in [9.17, 15) is 19.1 Å². The maximum atomic E-state index is 13.1. The van der Waals surface area contributed by atoms with Crippen molar-refractivity contribution in [2.75, 3.05) is 11.9 Å². The van der Waals surface area contributed by atoms with Gasteiger partial charge in [-0.15, -0.1) is 0 Å². The Kier molecular flexibility index (Phi) is 5.84. The molecule has 0 spiro atoms. The van der Waals surface area contributed by atoms with Crippen LogP contribution in [-0.2, 0) is 9.59 Å². The lowest BCUT2D eigenvalue weighted by Crippen LogP contribution is -2.45. The number of rotatable bonds is 5. The van der Waals surface area contributed by atoms with Gasteiger partial charge in [-0.05, 0) is 37.5 Å². The minimum absolute atomic E-state index is 0.00557. The Morgan fingerprint density at radius 1 is 1.24 bits per heavy atom. The molecule has 0 aliphatic rings. The van der Waals surface area contributed by atoms with Crippen molar-refractivity contribution in [2.24, 2.45) is 0 Å². The molecule has 0 aromatic heterocycles. The van der Waals surface area contributed by atoms with Gasteiger partial charge in [0.05, 0.1) is 5.60 Å². The van der Waals surface area contributed by atoms with Crippen molar-refractivity contribution < 1.29 is 19.1 Å². The number of halogens is 1. The smallest absolute Gasteiger partial charge is 0.313 e. The number of benzene rings is 1. The Hall–Kier alpha value is -1.95. The molecular weight excluding hydrogens is 275 g/mol. The van der Waals surface area contributed by atoms with Gasteiger partial charge in [-0.3, -0.25) is 9.59 Å². The number of carbonyl (C=O) groups is 2. The fraction of sp³-hybridized carbons (Fsp3) is 0.467. The summed E-state index contributed by atoms with van der Waals surface area (Å²) in [5.41, 5.74) is -0.127. The lowest BCUT2D eigenvalue weighted by atomic mass is 9.98. The number of carbonyl (C=O) groups excluding carboxylic acids is 2. The van der Waals surface area contributed by atoms with Gasteiger partial charge < -0.3 is 15.7 Å². The van der Waals surface area contributed by atoms with Crippen molar-refractivity contribution in [3.8, 4) is 0 Å². The van der Waals surface area contributed by atoms with E-state index < -0.39 is 23.2 Å². The SMILES string of the molecule is CCC(O)(CC)CNC(=O)C(=O)Nc1cc(F)ccc1C. The first-order valence-corrected chi connectivity index (χ1v) is 6.89. The molecule has 6 heteroatoms. The van der Waals surface area contributed by atoms with Crippen LogP contribution in [0, 0.1) is 12.7 Å². The van der Waals surface area contributed by atoms with Gasteiger partial charge in [0.1, 0.15) is 5.82 Å². The summed E-state index contributed by atoms with van der Waals surface area (Å²) in [5, 5.41) is 14.8. The largest absolute Gasteiger partial charge is 0.388 e. The second-order valence-corrected chi connectivity index (χ2v) is 5.03. The molecule has 0 saturated carbocycles. The highest BCUT2D eigenvalue weighted by Gasteiger charge is 2.24. The van der Waals surface area contributed by atoms with E-state index >= 15 is 0 Å². The van der Waals surface area contributed by atoms with Crippen LogP contribution >= 0.6 is 0 Å². The maximum absolute atomic E-state index is 13.1. The van der Waals surface area contributed by atoms with Crippen LogP contribution in [0.2, 0.25) is 0 Å². The normalized spacial score (nSPS) is 11.1. The van der Waals surface area contributed by atoms with E-state index in [4.69, 9.17) is 0 Å². The average Bonchev–Trinajstić information content (AvgIpc) is 2.48. The predicted molar refractivity (Wildman–Crippen MR) is 78.3 cm³/mol. The predicted octanol–water partition coefficient (Wildman–Crippen LogP) is 1.74. The molecule has 1 aromatic rings. The molecule has 5 nitrogen and oxygen atoms in total. The second-order valence-electron chi connectivity index (χ2n) is 5.03. The number of anilines is 1. The van der Waals surface area contributed by atoms with Crippen molar-refractivity contribution in [1.82, 2.24) is 5.32 Å². The number of hydrogen-bond donors (Lipinski definition) is 3. The average molecular weight is 296 g/mol. The number of aliphatic hydroxyl groups is 1. The molecule has 1 aromatic carbocycles. The van der Waals surface area contributed by atoms with E-state index in [1.807, 2.05) is 0 Å². The summed E-state index contributed by atoms with van der Waals surface area (Å²) in [4.78, 5) is 23.4. The third kappa shape index (κ3) is 4.82. The zero-order valence-electron chi connectivity index (χ0n) is 12.5. The fourth-order valence-corrected chi connectivity index (χ4v) is 1.73. The highest BCUT2D eigenvalue weighted by molar-refractivity contribution is 6.39. The quantitative estimate of drug-likeness (QED) is 0.724. The van der Waals surface area contributed by atoms with Crippen LogP contribution in [-0.4, -0.2) is 29.1 Å². The summed E-state index contributed by atoms with van der Waals surface area (Å²) >= 11 is 0.